The lowest BCUT2D eigenvalue weighted by molar-refractivity contribution is -0.138. The molecule has 0 aliphatic heterocycles. The van der Waals surface area contributed by atoms with Crippen LogP contribution in [0.15, 0.2) is 18.2 Å². The Morgan fingerprint density at radius 1 is 1.69 bits per heavy atom. The number of benzene rings is 1. The number of hydrogen-bond donors (Lipinski definition) is 1. The van der Waals surface area contributed by atoms with Gasteiger partial charge in [-0.1, -0.05) is 11.6 Å². The van der Waals surface area contributed by atoms with Gasteiger partial charge < -0.3 is 9.84 Å². The first-order chi connectivity index (χ1) is 7.52. The van der Waals surface area contributed by atoms with E-state index in [4.69, 9.17) is 26.7 Å². The van der Waals surface area contributed by atoms with Crippen LogP contribution in [0.1, 0.15) is 18.9 Å². The third-order valence-electron chi connectivity index (χ3n) is 1.85. The van der Waals surface area contributed by atoms with E-state index in [0.29, 0.717) is 16.3 Å². The predicted octanol–water partition coefficient (Wildman–Crippen LogP) is 2.45. The number of halogens is 1. The number of carboxylic acid groups (broad SMARTS) is 1. The van der Waals surface area contributed by atoms with Gasteiger partial charge in [-0.15, -0.1) is 0 Å². The zero-order chi connectivity index (χ0) is 12.1. The molecule has 16 heavy (non-hydrogen) atoms. The van der Waals surface area contributed by atoms with Crippen LogP contribution in [0.25, 0.3) is 0 Å². The van der Waals surface area contributed by atoms with Crippen LogP contribution in [0.3, 0.4) is 0 Å². The van der Waals surface area contributed by atoms with Gasteiger partial charge >= 0.3 is 5.97 Å². The van der Waals surface area contributed by atoms with Crippen molar-refractivity contribution in [2.45, 2.75) is 19.4 Å². The van der Waals surface area contributed by atoms with Crippen molar-refractivity contribution in [2.24, 2.45) is 0 Å². The molecule has 1 rings (SSSR count). The van der Waals surface area contributed by atoms with Gasteiger partial charge in [-0.3, -0.25) is 4.79 Å². The highest BCUT2D eigenvalue weighted by molar-refractivity contribution is 6.32. The Labute approximate surface area is 98.0 Å². The number of hydrogen-bond acceptors (Lipinski definition) is 3. The molecule has 0 fully saturated rings. The Bertz CT molecular complexity index is 439. The number of ether oxygens (including phenoxy) is 1. The van der Waals surface area contributed by atoms with E-state index >= 15 is 0 Å². The number of nitriles is 1. The van der Waals surface area contributed by atoms with Crippen molar-refractivity contribution >= 4 is 17.6 Å². The van der Waals surface area contributed by atoms with E-state index in [2.05, 4.69) is 0 Å². The average molecular weight is 240 g/mol. The molecule has 1 atom stereocenters. The molecular weight excluding hydrogens is 230 g/mol. The highest BCUT2D eigenvalue weighted by Crippen LogP contribution is 2.26. The highest BCUT2D eigenvalue weighted by Gasteiger charge is 2.11. The van der Waals surface area contributed by atoms with E-state index in [1.165, 1.54) is 6.07 Å². The van der Waals surface area contributed by atoms with Gasteiger partial charge in [0, 0.05) is 0 Å². The van der Waals surface area contributed by atoms with Gasteiger partial charge in [0.1, 0.15) is 11.9 Å². The molecule has 0 saturated heterocycles. The Morgan fingerprint density at radius 3 is 2.88 bits per heavy atom. The molecule has 4 nitrogen and oxygen atoms in total. The Morgan fingerprint density at radius 2 is 2.38 bits per heavy atom. The molecule has 1 aromatic carbocycles. The molecule has 0 saturated carbocycles. The van der Waals surface area contributed by atoms with Gasteiger partial charge in [0.25, 0.3) is 0 Å². The minimum Gasteiger partial charge on any atom is -0.489 e. The summed E-state index contributed by atoms with van der Waals surface area (Å²) < 4.78 is 5.33. The fourth-order valence-electron chi connectivity index (χ4n) is 1.17. The lowest BCUT2D eigenvalue weighted by atomic mass is 10.2. The maximum absolute atomic E-state index is 10.4. The first-order valence-electron chi connectivity index (χ1n) is 4.61. The van der Waals surface area contributed by atoms with Gasteiger partial charge in [-0.25, -0.2) is 0 Å². The molecular formula is C11H10ClNO3. The molecule has 1 N–H and O–H groups in total. The van der Waals surface area contributed by atoms with Crippen molar-refractivity contribution in [3.8, 4) is 11.8 Å². The molecule has 0 radical (unpaired) electrons. The van der Waals surface area contributed by atoms with Crippen LogP contribution in [-0.4, -0.2) is 17.2 Å². The van der Waals surface area contributed by atoms with Gasteiger partial charge in [-0.05, 0) is 25.1 Å². The number of rotatable bonds is 4. The van der Waals surface area contributed by atoms with Crippen molar-refractivity contribution in [1.29, 1.82) is 5.26 Å². The summed E-state index contributed by atoms with van der Waals surface area (Å²) in [6, 6.07) is 6.54. The van der Waals surface area contributed by atoms with Crippen molar-refractivity contribution in [3.63, 3.8) is 0 Å². The molecule has 5 heteroatoms. The molecule has 0 amide bonds. The average Bonchev–Trinajstić information content (AvgIpc) is 2.19. The van der Waals surface area contributed by atoms with Gasteiger partial charge in [-0.2, -0.15) is 5.26 Å². The second-order valence-electron chi connectivity index (χ2n) is 3.28. The quantitative estimate of drug-likeness (QED) is 0.876. The summed E-state index contributed by atoms with van der Waals surface area (Å²) in [5.74, 6) is -0.549. The van der Waals surface area contributed by atoms with Crippen LogP contribution in [0.5, 0.6) is 5.75 Å². The summed E-state index contributed by atoms with van der Waals surface area (Å²) in [6.07, 6.45) is -0.570. The largest absolute Gasteiger partial charge is 0.489 e. The second kappa shape index (κ2) is 5.38. The van der Waals surface area contributed by atoms with Crippen LogP contribution < -0.4 is 4.74 Å². The number of aliphatic carboxylic acids is 1. The Kier molecular flexibility index (Phi) is 4.15. The van der Waals surface area contributed by atoms with E-state index in [1.54, 1.807) is 19.1 Å². The molecule has 0 aliphatic carbocycles. The van der Waals surface area contributed by atoms with E-state index in [0.717, 1.165) is 0 Å². The summed E-state index contributed by atoms with van der Waals surface area (Å²) >= 11 is 5.87. The lowest BCUT2D eigenvalue weighted by Gasteiger charge is -2.13. The first kappa shape index (κ1) is 12.3. The molecule has 0 aromatic heterocycles. The summed E-state index contributed by atoms with van der Waals surface area (Å²) in [4.78, 5) is 10.4. The number of carboxylic acids is 1. The minimum atomic E-state index is -0.933. The SMILES string of the molecule is C[C@@H](CC(=O)O)Oc1ccc(C#N)cc1Cl. The summed E-state index contributed by atoms with van der Waals surface area (Å²) in [5.41, 5.74) is 0.434. The normalized spacial score (nSPS) is 11.6. The maximum Gasteiger partial charge on any atom is 0.307 e. The second-order valence-corrected chi connectivity index (χ2v) is 3.69. The third kappa shape index (κ3) is 3.44. The van der Waals surface area contributed by atoms with Crippen LogP contribution >= 0.6 is 11.6 Å². The van der Waals surface area contributed by atoms with Crippen LogP contribution in [0.4, 0.5) is 0 Å². The predicted molar refractivity (Wildman–Crippen MR) is 58.5 cm³/mol. The maximum atomic E-state index is 10.4. The van der Waals surface area contributed by atoms with E-state index in [1.807, 2.05) is 6.07 Å². The standard InChI is InChI=1S/C11H10ClNO3/c1-7(4-11(14)15)16-10-3-2-8(6-13)5-9(10)12/h2-3,5,7H,4H2,1H3,(H,14,15)/t7-/m0/s1. The lowest BCUT2D eigenvalue weighted by Crippen LogP contribution is -2.16. The molecule has 1 aromatic rings. The first-order valence-corrected chi connectivity index (χ1v) is 4.99. The van der Waals surface area contributed by atoms with E-state index in [9.17, 15) is 4.79 Å². The molecule has 0 unspecified atom stereocenters. The summed E-state index contributed by atoms with van der Waals surface area (Å²) in [7, 11) is 0. The monoisotopic (exact) mass is 239 g/mol. The zero-order valence-corrected chi connectivity index (χ0v) is 9.36. The van der Waals surface area contributed by atoms with Crippen LogP contribution in [0.2, 0.25) is 5.02 Å². The molecule has 0 spiro atoms. The molecule has 0 heterocycles. The fraction of sp³-hybridized carbons (Fsp3) is 0.273. The van der Waals surface area contributed by atoms with Crippen molar-refractivity contribution < 1.29 is 14.6 Å². The summed E-state index contributed by atoms with van der Waals surface area (Å²) in [5, 5.41) is 17.5. The van der Waals surface area contributed by atoms with Crippen LogP contribution in [0, 0.1) is 11.3 Å². The zero-order valence-electron chi connectivity index (χ0n) is 8.61. The Balaban J connectivity index is 2.75. The molecule has 0 aliphatic rings. The topological polar surface area (TPSA) is 70.3 Å². The fourth-order valence-corrected chi connectivity index (χ4v) is 1.40. The molecule has 84 valence electrons. The smallest absolute Gasteiger partial charge is 0.307 e. The number of nitrogens with zero attached hydrogens (tertiary/aromatic N) is 1. The molecule has 0 bridgehead atoms. The van der Waals surface area contributed by atoms with E-state index < -0.39 is 12.1 Å². The van der Waals surface area contributed by atoms with Gasteiger partial charge in [0.15, 0.2) is 0 Å². The summed E-state index contributed by atoms with van der Waals surface area (Å²) in [6.45, 7) is 1.64. The van der Waals surface area contributed by atoms with E-state index in [-0.39, 0.29) is 6.42 Å². The van der Waals surface area contributed by atoms with Crippen LogP contribution in [-0.2, 0) is 4.79 Å². The van der Waals surface area contributed by atoms with Gasteiger partial charge in [0.05, 0.1) is 23.1 Å². The third-order valence-corrected chi connectivity index (χ3v) is 2.15. The number of carbonyl (C=O) groups is 1. The Hall–Kier alpha value is -1.73. The highest BCUT2D eigenvalue weighted by atomic mass is 35.5. The van der Waals surface area contributed by atoms with Crippen molar-refractivity contribution in [3.05, 3.63) is 28.8 Å². The van der Waals surface area contributed by atoms with Crippen molar-refractivity contribution in [2.75, 3.05) is 0 Å². The minimum absolute atomic E-state index is 0.101. The van der Waals surface area contributed by atoms with Gasteiger partial charge in [0.2, 0.25) is 0 Å². The van der Waals surface area contributed by atoms with Crippen molar-refractivity contribution in [1.82, 2.24) is 0 Å².